The van der Waals surface area contributed by atoms with Crippen LogP contribution in [0.1, 0.15) is 32.3 Å². The van der Waals surface area contributed by atoms with Crippen molar-refractivity contribution in [3.63, 3.8) is 0 Å². The molecule has 1 aromatic rings. The van der Waals surface area contributed by atoms with Crippen molar-refractivity contribution in [2.24, 2.45) is 11.7 Å². The van der Waals surface area contributed by atoms with Crippen molar-refractivity contribution in [1.29, 1.82) is 0 Å². The summed E-state index contributed by atoms with van der Waals surface area (Å²) in [7, 11) is 3.25. The fourth-order valence-corrected chi connectivity index (χ4v) is 2.47. The largest absolute Gasteiger partial charge is 0.493 e. The highest BCUT2D eigenvalue weighted by atomic mass is 16.5. The maximum absolute atomic E-state index is 12.3. The Kier molecular flexibility index (Phi) is 8.48. The number of carbonyl (C=O) groups excluding carboxylic acids is 1. The number of rotatable bonds is 10. The molecule has 0 saturated carbocycles. The van der Waals surface area contributed by atoms with E-state index >= 15 is 0 Å². The normalized spacial score (nSPS) is 10.7. The van der Waals surface area contributed by atoms with Crippen molar-refractivity contribution < 1.29 is 14.3 Å². The number of hydrogen-bond acceptors (Lipinski definition) is 4. The highest BCUT2D eigenvalue weighted by molar-refractivity contribution is 5.76. The van der Waals surface area contributed by atoms with E-state index in [9.17, 15) is 4.79 Å². The average Bonchev–Trinajstić information content (AvgIpc) is 2.55. The number of methoxy groups -OCH3 is 2. The van der Waals surface area contributed by atoms with Gasteiger partial charge in [-0.2, -0.15) is 0 Å². The van der Waals surface area contributed by atoms with Crippen molar-refractivity contribution in [2.45, 2.75) is 33.1 Å². The minimum atomic E-state index is 0.185. The molecule has 0 heterocycles. The zero-order valence-electron chi connectivity index (χ0n) is 14.8. The average molecular weight is 322 g/mol. The lowest BCUT2D eigenvalue weighted by molar-refractivity contribution is -0.131. The molecule has 1 aromatic carbocycles. The van der Waals surface area contributed by atoms with Crippen LogP contribution in [0.15, 0.2) is 18.2 Å². The molecule has 0 radical (unpaired) electrons. The van der Waals surface area contributed by atoms with Crippen molar-refractivity contribution in [1.82, 2.24) is 4.90 Å². The van der Waals surface area contributed by atoms with E-state index in [1.165, 1.54) is 0 Å². The van der Waals surface area contributed by atoms with E-state index in [0.29, 0.717) is 31.2 Å². The number of ether oxygens (including phenoxy) is 2. The maximum atomic E-state index is 12.3. The summed E-state index contributed by atoms with van der Waals surface area (Å²) >= 11 is 0. The first-order valence-corrected chi connectivity index (χ1v) is 8.20. The van der Waals surface area contributed by atoms with Gasteiger partial charge in [0, 0.05) is 19.5 Å². The molecule has 0 unspecified atom stereocenters. The lowest BCUT2D eigenvalue weighted by atomic mass is 10.1. The topological polar surface area (TPSA) is 64.8 Å². The summed E-state index contributed by atoms with van der Waals surface area (Å²) in [5.74, 6) is 2.07. The van der Waals surface area contributed by atoms with Gasteiger partial charge in [-0.05, 0) is 43.0 Å². The molecule has 0 aliphatic rings. The molecular formula is C18H30N2O3. The van der Waals surface area contributed by atoms with Gasteiger partial charge in [0.25, 0.3) is 0 Å². The Balaban J connectivity index is 2.71. The Morgan fingerprint density at radius 2 is 1.91 bits per heavy atom. The fourth-order valence-electron chi connectivity index (χ4n) is 2.47. The Morgan fingerprint density at radius 3 is 2.48 bits per heavy atom. The Bertz CT molecular complexity index is 489. The van der Waals surface area contributed by atoms with Crippen LogP contribution in [-0.2, 0) is 11.2 Å². The molecule has 130 valence electrons. The zero-order chi connectivity index (χ0) is 17.2. The van der Waals surface area contributed by atoms with E-state index in [2.05, 4.69) is 13.8 Å². The summed E-state index contributed by atoms with van der Waals surface area (Å²) in [6, 6.07) is 5.88. The zero-order valence-corrected chi connectivity index (χ0v) is 14.8. The van der Waals surface area contributed by atoms with E-state index in [-0.39, 0.29) is 5.91 Å². The molecule has 0 fully saturated rings. The third kappa shape index (κ3) is 6.48. The summed E-state index contributed by atoms with van der Waals surface area (Å²) in [6.45, 7) is 6.28. The number of nitrogens with zero attached hydrogens (tertiary/aromatic N) is 1. The summed E-state index contributed by atoms with van der Waals surface area (Å²) in [5, 5.41) is 0. The highest BCUT2D eigenvalue weighted by Crippen LogP contribution is 2.27. The number of nitrogens with two attached hydrogens (primary N) is 1. The predicted molar refractivity (Wildman–Crippen MR) is 93.0 cm³/mol. The van der Waals surface area contributed by atoms with E-state index < -0.39 is 0 Å². The molecule has 0 saturated heterocycles. The van der Waals surface area contributed by atoms with Gasteiger partial charge in [0.1, 0.15) is 0 Å². The minimum absolute atomic E-state index is 0.185. The summed E-state index contributed by atoms with van der Waals surface area (Å²) in [4.78, 5) is 14.2. The molecule has 0 aromatic heterocycles. The van der Waals surface area contributed by atoms with Crippen molar-refractivity contribution in [3.05, 3.63) is 23.8 Å². The second-order valence-corrected chi connectivity index (χ2v) is 6.07. The summed E-state index contributed by atoms with van der Waals surface area (Å²) in [6.07, 6.45) is 2.06. The van der Waals surface area contributed by atoms with Crippen LogP contribution in [-0.4, -0.2) is 44.7 Å². The van der Waals surface area contributed by atoms with E-state index in [0.717, 1.165) is 30.7 Å². The van der Waals surface area contributed by atoms with Gasteiger partial charge in [0.05, 0.1) is 14.2 Å². The van der Waals surface area contributed by atoms with Gasteiger partial charge < -0.3 is 20.1 Å². The van der Waals surface area contributed by atoms with Gasteiger partial charge in [-0.15, -0.1) is 0 Å². The molecule has 1 amide bonds. The van der Waals surface area contributed by atoms with Crippen LogP contribution in [0.25, 0.3) is 0 Å². The molecular weight excluding hydrogens is 292 g/mol. The molecule has 5 nitrogen and oxygen atoms in total. The maximum Gasteiger partial charge on any atom is 0.222 e. The summed E-state index contributed by atoms with van der Waals surface area (Å²) in [5.41, 5.74) is 6.63. The first-order chi connectivity index (χ1) is 11.0. The van der Waals surface area contributed by atoms with Crippen LogP contribution in [0.2, 0.25) is 0 Å². The van der Waals surface area contributed by atoms with Gasteiger partial charge in [0.2, 0.25) is 5.91 Å². The monoisotopic (exact) mass is 322 g/mol. The summed E-state index contributed by atoms with van der Waals surface area (Å²) < 4.78 is 10.6. The Labute approximate surface area is 139 Å². The van der Waals surface area contributed by atoms with Crippen molar-refractivity contribution >= 4 is 5.91 Å². The van der Waals surface area contributed by atoms with E-state index in [1.54, 1.807) is 14.2 Å². The van der Waals surface area contributed by atoms with Crippen LogP contribution in [0.4, 0.5) is 0 Å². The standard InChI is InChI=1S/C18H30N2O3/c1-14(2)13-20(18(21)6-5-10-19)11-9-15-7-8-16(22-3)17(12-15)23-4/h7-8,12,14H,5-6,9-11,13,19H2,1-4H3. The minimum Gasteiger partial charge on any atom is -0.493 e. The Morgan fingerprint density at radius 1 is 1.22 bits per heavy atom. The van der Waals surface area contributed by atoms with Crippen LogP contribution in [0.5, 0.6) is 11.5 Å². The molecule has 2 N–H and O–H groups in total. The molecule has 0 aliphatic heterocycles. The predicted octanol–water partition coefficient (Wildman–Crippen LogP) is 2.47. The van der Waals surface area contributed by atoms with Gasteiger partial charge in [-0.1, -0.05) is 19.9 Å². The molecule has 0 aliphatic carbocycles. The van der Waals surface area contributed by atoms with Gasteiger partial charge in [-0.25, -0.2) is 0 Å². The fraction of sp³-hybridized carbons (Fsp3) is 0.611. The lowest BCUT2D eigenvalue weighted by Crippen LogP contribution is -2.36. The molecule has 1 rings (SSSR count). The molecule has 0 spiro atoms. The highest BCUT2D eigenvalue weighted by Gasteiger charge is 2.15. The first-order valence-electron chi connectivity index (χ1n) is 8.20. The number of amides is 1. The molecule has 5 heteroatoms. The molecule has 0 bridgehead atoms. The smallest absolute Gasteiger partial charge is 0.222 e. The lowest BCUT2D eigenvalue weighted by Gasteiger charge is -2.25. The van der Waals surface area contributed by atoms with Gasteiger partial charge in [-0.3, -0.25) is 4.79 Å². The third-order valence-corrected chi connectivity index (χ3v) is 3.65. The van der Waals surface area contributed by atoms with E-state index in [4.69, 9.17) is 15.2 Å². The van der Waals surface area contributed by atoms with Gasteiger partial charge >= 0.3 is 0 Å². The quantitative estimate of drug-likeness (QED) is 0.719. The van der Waals surface area contributed by atoms with Crippen LogP contribution in [0, 0.1) is 5.92 Å². The van der Waals surface area contributed by atoms with Gasteiger partial charge in [0.15, 0.2) is 11.5 Å². The third-order valence-electron chi connectivity index (χ3n) is 3.65. The SMILES string of the molecule is COc1ccc(CCN(CC(C)C)C(=O)CCCN)cc1OC. The van der Waals surface area contributed by atoms with Crippen LogP contribution < -0.4 is 15.2 Å². The second-order valence-electron chi connectivity index (χ2n) is 6.07. The van der Waals surface area contributed by atoms with E-state index in [1.807, 2.05) is 23.1 Å². The number of benzene rings is 1. The number of hydrogen-bond donors (Lipinski definition) is 1. The van der Waals surface area contributed by atoms with Crippen LogP contribution in [0.3, 0.4) is 0 Å². The molecule has 23 heavy (non-hydrogen) atoms. The van der Waals surface area contributed by atoms with Crippen molar-refractivity contribution in [3.8, 4) is 11.5 Å². The number of carbonyl (C=O) groups is 1. The van der Waals surface area contributed by atoms with Crippen LogP contribution >= 0.6 is 0 Å². The van der Waals surface area contributed by atoms with Crippen molar-refractivity contribution in [2.75, 3.05) is 33.9 Å². The first kappa shape index (κ1) is 19.3. The second kappa shape index (κ2) is 10.1. The Hall–Kier alpha value is -1.75. The molecule has 0 atom stereocenters.